The van der Waals surface area contributed by atoms with Gasteiger partial charge in [0.1, 0.15) is 13.2 Å². The molecule has 0 unspecified atom stereocenters. The molecule has 0 amide bonds. The molecule has 0 saturated carbocycles. The molecule has 0 aromatic carbocycles. The van der Waals surface area contributed by atoms with E-state index in [1.54, 1.807) is 6.20 Å². The first kappa shape index (κ1) is 12.6. The summed E-state index contributed by atoms with van der Waals surface area (Å²) < 4.78 is 12.8. The lowest BCUT2D eigenvalue weighted by Gasteiger charge is -2.17. The van der Waals surface area contributed by atoms with Crippen molar-refractivity contribution in [3.63, 3.8) is 0 Å². The normalized spacial score (nSPS) is 15.7. The highest BCUT2D eigenvalue weighted by atomic mass is 32.2. The van der Waals surface area contributed by atoms with Crippen LogP contribution in [0, 0.1) is 11.2 Å². The maximum atomic E-state index is 8.95. The Bertz CT molecular complexity index is 719. The Kier molecular flexibility index (Phi) is 3.00. The van der Waals surface area contributed by atoms with Crippen molar-refractivity contribution in [1.82, 2.24) is 14.2 Å². The van der Waals surface area contributed by atoms with Gasteiger partial charge in [0.15, 0.2) is 5.75 Å². The van der Waals surface area contributed by atoms with Gasteiger partial charge in [-0.15, -0.1) is 0 Å². The van der Waals surface area contributed by atoms with E-state index in [4.69, 9.17) is 14.7 Å². The molecule has 0 fully saturated rings. The summed E-state index contributed by atoms with van der Waals surface area (Å²) in [6.45, 7) is 1.17. The number of nitrogens with zero attached hydrogens (tertiary/aromatic N) is 4. The first-order valence-electron chi connectivity index (χ1n) is 6.73. The van der Waals surface area contributed by atoms with Crippen molar-refractivity contribution in [2.24, 2.45) is 0 Å². The number of ether oxygens (including phenoxy) is 2. The lowest BCUT2D eigenvalue weighted by Crippen LogP contribution is -2.16. The zero-order chi connectivity index (χ0) is 14.2. The van der Waals surface area contributed by atoms with Crippen LogP contribution >= 0.6 is 11.9 Å². The minimum Gasteiger partial charge on any atom is -0.484 e. The van der Waals surface area contributed by atoms with Gasteiger partial charge in [0.25, 0.3) is 12.6 Å². The molecule has 0 radical (unpaired) electrons. The summed E-state index contributed by atoms with van der Waals surface area (Å²) in [6.07, 6.45) is 5.29. The fourth-order valence-corrected chi connectivity index (χ4v) is 3.34. The zero-order valence-corrected chi connectivity index (χ0v) is 12.0. The zero-order valence-electron chi connectivity index (χ0n) is 11.2. The lowest BCUT2D eigenvalue weighted by atomic mass is 9.49. The fourth-order valence-electron chi connectivity index (χ4n) is 2.55. The van der Waals surface area contributed by atoms with Crippen molar-refractivity contribution in [2.45, 2.75) is 17.5 Å². The molecule has 0 bridgehead atoms. The number of pyridine rings is 1. The number of nitriles is 1. The molecule has 2 aliphatic heterocycles. The van der Waals surface area contributed by atoms with E-state index in [1.165, 1.54) is 17.5 Å². The van der Waals surface area contributed by atoms with Gasteiger partial charge in [-0.3, -0.25) is 0 Å². The minimum atomic E-state index is 0.0816. The van der Waals surface area contributed by atoms with Crippen molar-refractivity contribution in [1.29, 1.82) is 5.26 Å². The van der Waals surface area contributed by atoms with E-state index in [9.17, 15) is 0 Å². The minimum absolute atomic E-state index is 0.0816. The van der Waals surface area contributed by atoms with Gasteiger partial charge in [-0.1, -0.05) is 0 Å². The Hall–Kier alpha value is -2.14. The molecule has 0 aliphatic carbocycles. The van der Waals surface area contributed by atoms with E-state index in [0.717, 1.165) is 23.2 Å². The standard InChI is InChI=1S/C13H11BN4O2S/c15-8-14-4-9-7-18(17-11(9)5-14)21-10-3-12-13(16-6-10)20-2-1-19-12/h3,6-7H,1-2,4-5H2. The maximum absolute atomic E-state index is 8.95. The van der Waals surface area contributed by atoms with Gasteiger partial charge in [-0.25, -0.2) is 14.3 Å². The van der Waals surface area contributed by atoms with Crippen LogP contribution in [0.25, 0.3) is 0 Å². The number of hydrogen-bond acceptors (Lipinski definition) is 6. The summed E-state index contributed by atoms with van der Waals surface area (Å²) in [6, 6.07) is 1.91. The van der Waals surface area contributed by atoms with Crippen LogP contribution < -0.4 is 9.47 Å². The molecular formula is C13H11BN4O2S. The van der Waals surface area contributed by atoms with E-state index >= 15 is 0 Å². The maximum Gasteiger partial charge on any atom is 0.278 e. The van der Waals surface area contributed by atoms with Crippen LogP contribution in [0.15, 0.2) is 23.4 Å². The van der Waals surface area contributed by atoms with Gasteiger partial charge < -0.3 is 9.47 Å². The van der Waals surface area contributed by atoms with Gasteiger partial charge in [-0.2, -0.15) is 5.10 Å². The Morgan fingerprint density at radius 1 is 1.33 bits per heavy atom. The summed E-state index contributed by atoms with van der Waals surface area (Å²) in [5.41, 5.74) is 2.19. The van der Waals surface area contributed by atoms with E-state index in [0.29, 0.717) is 24.8 Å². The van der Waals surface area contributed by atoms with Gasteiger partial charge in [-0.05, 0) is 18.2 Å². The van der Waals surface area contributed by atoms with Gasteiger partial charge >= 0.3 is 0 Å². The second kappa shape index (κ2) is 5.00. The molecule has 2 aromatic rings. The molecule has 2 aromatic heterocycles. The summed E-state index contributed by atoms with van der Waals surface area (Å²) in [7, 11) is 0. The Morgan fingerprint density at radius 3 is 3.10 bits per heavy atom. The third kappa shape index (κ3) is 2.34. The highest BCUT2D eigenvalue weighted by Gasteiger charge is 2.28. The molecule has 2 aliphatic rings. The second-order valence-electron chi connectivity index (χ2n) is 5.00. The molecule has 0 atom stereocenters. The topological polar surface area (TPSA) is 73.0 Å². The van der Waals surface area contributed by atoms with Crippen LogP contribution in [0.5, 0.6) is 11.6 Å². The van der Waals surface area contributed by atoms with Crippen LogP contribution in [-0.4, -0.2) is 34.1 Å². The Labute approximate surface area is 126 Å². The second-order valence-corrected chi connectivity index (χ2v) is 6.03. The average Bonchev–Trinajstić information content (AvgIpc) is 3.05. The molecule has 8 heteroatoms. The quantitative estimate of drug-likeness (QED) is 0.779. The Morgan fingerprint density at radius 2 is 2.24 bits per heavy atom. The molecule has 0 saturated heterocycles. The molecule has 0 N–H and O–H groups in total. The van der Waals surface area contributed by atoms with Crippen LogP contribution in [0.1, 0.15) is 11.3 Å². The third-order valence-corrected chi connectivity index (χ3v) is 4.32. The molecule has 6 nitrogen and oxygen atoms in total. The lowest BCUT2D eigenvalue weighted by molar-refractivity contribution is 0.164. The molecule has 4 heterocycles. The van der Waals surface area contributed by atoms with Crippen LogP contribution in [0.2, 0.25) is 0 Å². The molecule has 0 spiro atoms. The molecule has 104 valence electrons. The summed E-state index contributed by atoms with van der Waals surface area (Å²) in [5, 5.41) is 13.5. The summed E-state index contributed by atoms with van der Waals surface area (Å²) in [4.78, 5) is 5.19. The monoisotopic (exact) mass is 298 g/mol. The molecule has 21 heavy (non-hydrogen) atoms. The number of rotatable bonds is 2. The molecular weight excluding hydrogens is 287 g/mol. The van der Waals surface area contributed by atoms with Gasteiger partial charge in [0.2, 0.25) is 0 Å². The van der Waals surface area contributed by atoms with Gasteiger partial charge in [0, 0.05) is 36.4 Å². The highest BCUT2D eigenvalue weighted by Crippen LogP contribution is 2.32. The molecule has 4 rings (SSSR count). The van der Waals surface area contributed by atoms with Crippen molar-refractivity contribution >= 4 is 18.7 Å². The first-order valence-corrected chi connectivity index (χ1v) is 7.50. The Balaban J connectivity index is 1.54. The van der Waals surface area contributed by atoms with Crippen molar-refractivity contribution in [3.05, 3.63) is 29.7 Å². The van der Waals surface area contributed by atoms with Crippen molar-refractivity contribution in [2.75, 3.05) is 13.2 Å². The smallest absolute Gasteiger partial charge is 0.278 e. The van der Waals surface area contributed by atoms with E-state index in [2.05, 4.69) is 16.1 Å². The SMILES string of the molecule is N#CB1Cc2cn(Sc3cnc4c(c3)OCCO4)nc2C1. The first-order chi connectivity index (χ1) is 10.3. The largest absolute Gasteiger partial charge is 0.484 e. The van der Waals surface area contributed by atoms with Crippen molar-refractivity contribution in [3.8, 4) is 17.6 Å². The van der Waals surface area contributed by atoms with Gasteiger partial charge in [0.05, 0.1) is 10.6 Å². The number of hydrogen-bond donors (Lipinski definition) is 0. The van der Waals surface area contributed by atoms with E-state index < -0.39 is 0 Å². The predicted molar refractivity (Wildman–Crippen MR) is 77.5 cm³/mol. The summed E-state index contributed by atoms with van der Waals surface area (Å²) in [5.74, 6) is 3.53. The predicted octanol–water partition coefficient (Wildman–Crippen LogP) is 1.34. The number of aromatic nitrogens is 3. The highest BCUT2D eigenvalue weighted by molar-refractivity contribution is 7.97. The average molecular weight is 298 g/mol. The van der Waals surface area contributed by atoms with Crippen LogP contribution in [0.3, 0.4) is 0 Å². The van der Waals surface area contributed by atoms with E-state index in [1.807, 2.05) is 16.4 Å². The third-order valence-electron chi connectivity index (χ3n) is 3.52. The van der Waals surface area contributed by atoms with Crippen molar-refractivity contribution < 1.29 is 9.47 Å². The van der Waals surface area contributed by atoms with Crippen LogP contribution in [-0.2, 0) is 12.6 Å². The summed E-state index contributed by atoms with van der Waals surface area (Å²) >= 11 is 1.48. The fraction of sp³-hybridized carbons (Fsp3) is 0.308. The van der Waals surface area contributed by atoms with E-state index in [-0.39, 0.29) is 6.71 Å². The number of fused-ring (bicyclic) bond motifs is 2. The van der Waals surface area contributed by atoms with Crippen LogP contribution in [0.4, 0.5) is 0 Å².